The largest absolute Gasteiger partial charge is 0.421 e. The summed E-state index contributed by atoms with van der Waals surface area (Å²) in [6.45, 7) is 6.08. The monoisotopic (exact) mass is 248 g/mol. The molecule has 0 aromatic carbocycles. The van der Waals surface area contributed by atoms with Gasteiger partial charge in [-0.15, -0.1) is 0 Å². The van der Waals surface area contributed by atoms with Crippen LogP contribution in [-0.4, -0.2) is 12.4 Å². The van der Waals surface area contributed by atoms with Crippen LogP contribution in [0.5, 0.6) is 0 Å². The Kier molecular flexibility index (Phi) is 4.11. The van der Waals surface area contributed by atoms with Crippen LogP contribution in [0.25, 0.3) is 0 Å². The quantitative estimate of drug-likeness (QED) is 0.465. The molecular weight excluding hydrogens is 234 g/mol. The highest BCUT2D eigenvalue weighted by Crippen LogP contribution is 2.41. The summed E-state index contributed by atoms with van der Waals surface area (Å²) in [4.78, 5) is 0. The fraction of sp³-hybridized carbons (Fsp3) is 0.800. The molecule has 0 N–H and O–H groups in total. The molecule has 96 valence electrons. The summed E-state index contributed by atoms with van der Waals surface area (Å²) in [6.07, 6.45) is -10.5. The van der Waals surface area contributed by atoms with Crippen LogP contribution in [-0.2, 0) is 0 Å². The molecule has 1 unspecified atom stereocenters. The molecule has 0 aromatic rings. The van der Waals surface area contributed by atoms with Gasteiger partial charge < -0.3 is 0 Å². The van der Waals surface area contributed by atoms with Crippen LogP contribution in [0.4, 0.5) is 26.3 Å². The van der Waals surface area contributed by atoms with Crippen molar-refractivity contribution in [3.63, 3.8) is 0 Å². The highest BCUT2D eigenvalue weighted by Gasteiger charge is 2.51. The number of hydrogen-bond acceptors (Lipinski definition) is 0. The summed E-state index contributed by atoms with van der Waals surface area (Å²) >= 11 is 0. The summed E-state index contributed by atoms with van der Waals surface area (Å²) in [5, 5.41) is 0. The van der Waals surface area contributed by atoms with E-state index in [4.69, 9.17) is 0 Å². The van der Waals surface area contributed by atoms with Crippen LogP contribution in [0.1, 0.15) is 27.7 Å². The fourth-order valence-electron chi connectivity index (χ4n) is 0.850. The van der Waals surface area contributed by atoms with Crippen LogP contribution in [0.2, 0.25) is 0 Å². The molecule has 16 heavy (non-hydrogen) atoms. The number of halogens is 6. The SMILES string of the molecule is CC(C=C(C(F)(F)F)C(F)(F)F)C(C)(C)C. The first-order valence-corrected chi connectivity index (χ1v) is 4.62. The summed E-state index contributed by atoms with van der Waals surface area (Å²) in [7, 11) is 0. The standard InChI is InChI=1S/C10H14F6/c1-6(8(2,3)4)5-7(9(11,12)13)10(14,15)16/h5-6H,1-4H3. The van der Waals surface area contributed by atoms with Crippen LogP contribution in [0.3, 0.4) is 0 Å². The Bertz CT molecular complexity index is 247. The van der Waals surface area contributed by atoms with Crippen molar-refractivity contribution in [1.29, 1.82) is 0 Å². The summed E-state index contributed by atoms with van der Waals surface area (Å²) in [5.41, 5.74) is -3.08. The minimum Gasteiger partial charge on any atom is -0.166 e. The predicted octanol–water partition coefficient (Wildman–Crippen LogP) is 4.72. The smallest absolute Gasteiger partial charge is 0.166 e. The lowest BCUT2D eigenvalue weighted by atomic mass is 9.81. The van der Waals surface area contributed by atoms with Crippen molar-refractivity contribution in [2.75, 3.05) is 0 Å². The van der Waals surface area contributed by atoms with E-state index in [9.17, 15) is 26.3 Å². The molecule has 1 atom stereocenters. The lowest BCUT2D eigenvalue weighted by molar-refractivity contribution is -0.172. The lowest BCUT2D eigenvalue weighted by Gasteiger charge is -2.26. The molecule has 0 bridgehead atoms. The Balaban J connectivity index is 5.32. The molecule has 0 aliphatic heterocycles. The minimum atomic E-state index is -5.36. The maximum absolute atomic E-state index is 12.2. The molecule has 0 amide bonds. The first-order valence-electron chi connectivity index (χ1n) is 4.62. The van der Waals surface area contributed by atoms with Crippen molar-refractivity contribution in [2.24, 2.45) is 11.3 Å². The van der Waals surface area contributed by atoms with E-state index in [-0.39, 0.29) is 6.08 Å². The molecule has 0 saturated carbocycles. The fourth-order valence-corrected chi connectivity index (χ4v) is 0.850. The van der Waals surface area contributed by atoms with Gasteiger partial charge in [0.05, 0.1) is 0 Å². The first-order chi connectivity index (χ1) is 6.76. The predicted molar refractivity (Wildman–Crippen MR) is 48.8 cm³/mol. The minimum absolute atomic E-state index is 0.250. The van der Waals surface area contributed by atoms with Gasteiger partial charge in [-0.25, -0.2) is 0 Å². The Morgan fingerprint density at radius 3 is 1.38 bits per heavy atom. The molecule has 0 aromatic heterocycles. The zero-order valence-corrected chi connectivity index (χ0v) is 9.42. The van der Waals surface area contributed by atoms with Crippen LogP contribution >= 0.6 is 0 Å². The van der Waals surface area contributed by atoms with Crippen molar-refractivity contribution >= 4 is 0 Å². The number of allylic oxidation sites excluding steroid dienone is 2. The molecule has 0 aliphatic rings. The van der Waals surface area contributed by atoms with E-state index in [0.29, 0.717) is 0 Å². The van der Waals surface area contributed by atoms with E-state index in [1.807, 2.05) is 0 Å². The normalized spacial score (nSPS) is 15.9. The maximum Gasteiger partial charge on any atom is 0.421 e. The van der Waals surface area contributed by atoms with Gasteiger partial charge in [0.1, 0.15) is 5.57 Å². The average Bonchev–Trinajstić information content (AvgIpc) is 1.92. The number of rotatable bonds is 1. The van der Waals surface area contributed by atoms with E-state index in [2.05, 4.69) is 0 Å². The second kappa shape index (κ2) is 4.30. The van der Waals surface area contributed by atoms with Crippen molar-refractivity contribution in [3.05, 3.63) is 11.6 Å². The Morgan fingerprint density at radius 2 is 1.19 bits per heavy atom. The molecule has 6 heteroatoms. The second-order valence-corrected chi connectivity index (χ2v) is 4.73. The van der Waals surface area contributed by atoms with Crippen molar-refractivity contribution in [3.8, 4) is 0 Å². The van der Waals surface area contributed by atoms with Gasteiger partial charge in [-0.2, -0.15) is 26.3 Å². The van der Waals surface area contributed by atoms with Gasteiger partial charge in [-0.3, -0.25) is 0 Å². The third-order valence-electron chi connectivity index (χ3n) is 2.39. The van der Waals surface area contributed by atoms with Gasteiger partial charge in [-0.05, 0) is 11.3 Å². The van der Waals surface area contributed by atoms with Gasteiger partial charge >= 0.3 is 12.4 Å². The van der Waals surface area contributed by atoms with Crippen molar-refractivity contribution in [1.82, 2.24) is 0 Å². The second-order valence-electron chi connectivity index (χ2n) is 4.73. The third kappa shape index (κ3) is 4.45. The molecule has 0 heterocycles. The van der Waals surface area contributed by atoms with Gasteiger partial charge in [0, 0.05) is 0 Å². The van der Waals surface area contributed by atoms with Gasteiger partial charge in [0.15, 0.2) is 0 Å². The van der Waals surface area contributed by atoms with Crippen molar-refractivity contribution in [2.45, 2.75) is 40.0 Å². The van der Waals surface area contributed by atoms with Crippen LogP contribution in [0, 0.1) is 11.3 Å². The maximum atomic E-state index is 12.2. The molecule has 0 rings (SSSR count). The summed E-state index contributed by atoms with van der Waals surface area (Å²) < 4.78 is 73.1. The van der Waals surface area contributed by atoms with Gasteiger partial charge in [0.2, 0.25) is 0 Å². The molecule has 0 aliphatic carbocycles. The van der Waals surface area contributed by atoms with E-state index in [1.54, 1.807) is 20.8 Å². The lowest BCUT2D eigenvalue weighted by Crippen LogP contribution is -2.28. The zero-order valence-electron chi connectivity index (χ0n) is 9.42. The molecular formula is C10H14F6. The van der Waals surface area contributed by atoms with Crippen LogP contribution < -0.4 is 0 Å². The highest BCUT2D eigenvalue weighted by molar-refractivity contribution is 5.17. The topological polar surface area (TPSA) is 0 Å². The van der Waals surface area contributed by atoms with Gasteiger partial charge in [-0.1, -0.05) is 33.8 Å². The Morgan fingerprint density at radius 1 is 0.875 bits per heavy atom. The summed E-state index contributed by atoms with van der Waals surface area (Å²) in [6, 6.07) is 0. The molecule has 0 spiro atoms. The molecule has 0 radical (unpaired) electrons. The number of hydrogen-bond donors (Lipinski definition) is 0. The third-order valence-corrected chi connectivity index (χ3v) is 2.39. The van der Waals surface area contributed by atoms with Crippen molar-refractivity contribution < 1.29 is 26.3 Å². The zero-order chi connectivity index (χ0) is 13.4. The van der Waals surface area contributed by atoms with E-state index < -0.39 is 29.3 Å². The van der Waals surface area contributed by atoms with E-state index in [0.717, 1.165) is 0 Å². The highest BCUT2D eigenvalue weighted by atomic mass is 19.4. The molecule has 0 fully saturated rings. The van der Waals surface area contributed by atoms with E-state index in [1.165, 1.54) is 6.92 Å². The molecule has 0 nitrogen and oxygen atoms in total. The number of alkyl halides is 6. The van der Waals surface area contributed by atoms with Crippen LogP contribution in [0.15, 0.2) is 11.6 Å². The van der Waals surface area contributed by atoms with E-state index >= 15 is 0 Å². The Hall–Kier alpha value is -0.680. The first kappa shape index (κ1) is 15.3. The average molecular weight is 248 g/mol. The molecule has 0 saturated heterocycles. The summed E-state index contributed by atoms with van der Waals surface area (Å²) in [5.74, 6) is -0.828. The Labute approximate surface area is 90.3 Å². The van der Waals surface area contributed by atoms with Gasteiger partial charge in [0.25, 0.3) is 0 Å².